The van der Waals surface area contributed by atoms with E-state index in [-0.39, 0.29) is 11.9 Å². The van der Waals surface area contributed by atoms with Crippen LogP contribution >= 0.6 is 11.3 Å². The average molecular weight is 369 g/mol. The summed E-state index contributed by atoms with van der Waals surface area (Å²) in [5, 5.41) is 10.2. The first kappa shape index (κ1) is 17.7. The van der Waals surface area contributed by atoms with Gasteiger partial charge in [0.2, 0.25) is 0 Å². The molecule has 26 heavy (non-hydrogen) atoms. The third kappa shape index (κ3) is 5.18. The summed E-state index contributed by atoms with van der Waals surface area (Å²) in [5.74, 6) is -0.166. The van der Waals surface area contributed by atoms with Gasteiger partial charge in [-0.05, 0) is 36.1 Å². The predicted molar refractivity (Wildman–Crippen MR) is 103 cm³/mol. The summed E-state index contributed by atoms with van der Waals surface area (Å²) in [6.45, 7) is 1.35. The molecule has 0 radical (unpaired) electrons. The first-order valence-corrected chi connectivity index (χ1v) is 9.04. The minimum Gasteiger partial charge on any atom is -0.338 e. The highest BCUT2D eigenvalue weighted by Crippen LogP contribution is 2.17. The molecular weight excluding hydrogens is 350 g/mol. The van der Waals surface area contributed by atoms with E-state index in [9.17, 15) is 9.59 Å². The Bertz CT molecular complexity index is 846. The molecule has 3 aromatic rings. The molecule has 8 heteroatoms. The smallest absolute Gasteiger partial charge is 0.319 e. The summed E-state index contributed by atoms with van der Waals surface area (Å²) in [4.78, 5) is 28.6. The van der Waals surface area contributed by atoms with Gasteiger partial charge in [-0.25, -0.2) is 9.78 Å². The van der Waals surface area contributed by atoms with Crippen LogP contribution < -0.4 is 16.0 Å². The standard InChI is InChI=1S/C18H19N5O2S/c24-17(16-6-2-11-26-16)21-14-4-1-5-15(12-14)22-18(25)20-7-3-9-23-10-8-19-13-23/h1-2,4-6,8,10-13H,3,7,9H2,(H,21,24)(H2,20,22,25). The molecule has 0 spiro atoms. The molecular formula is C18H19N5O2S. The molecule has 1 aromatic carbocycles. The molecule has 0 fully saturated rings. The van der Waals surface area contributed by atoms with Crippen LogP contribution in [0.15, 0.2) is 60.5 Å². The van der Waals surface area contributed by atoms with Crippen LogP contribution in [-0.4, -0.2) is 28.0 Å². The lowest BCUT2D eigenvalue weighted by atomic mass is 10.2. The molecule has 0 atom stereocenters. The Morgan fingerprint density at radius 3 is 2.69 bits per heavy atom. The monoisotopic (exact) mass is 369 g/mol. The largest absolute Gasteiger partial charge is 0.338 e. The van der Waals surface area contributed by atoms with Crippen LogP contribution in [-0.2, 0) is 6.54 Å². The fourth-order valence-corrected chi connectivity index (χ4v) is 2.95. The van der Waals surface area contributed by atoms with Crippen molar-refractivity contribution in [2.45, 2.75) is 13.0 Å². The van der Waals surface area contributed by atoms with Crippen LogP contribution in [0.25, 0.3) is 0 Å². The molecule has 0 aliphatic carbocycles. The average Bonchev–Trinajstić information content (AvgIpc) is 3.33. The number of imidazole rings is 1. The van der Waals surface area contributed by atoms with Gasteiger partial charge in [0.25, 0.3) is 5.91 Å². The topological polar surface area (TPSA) is 88.1 Å². The maximum atomic E-state index is 12.1. The quantitative estimate of drug-likeness (QED) is 0.558. The highest BCUT2D eigenvalue weighted by Gasteiger charge is 2.08. The van der Waals surface area contributed by atoms with Crippen LogP contribution in [0, 0.1) is 0 Å². The normalized spacial score (nSPS) is 10.3. The van der Waals surface area contributed by atoms with E-state index in [1.165, 1.54) is 11.3 Å². The van der Waals surface area contributed by atoms with Crippen LogP contribution in [0.4, 0.5) is 16.2 Å². The van der Waals surface area contributed by atoms with E-state index in [0.717, 1.165) is 13.0 Å². The van der Waals surface area contributed by atoms with Gasteiger partial charge in [0.05, 0.1) is 11.2 Å². The van der Waals surface area contributed by atoms with E-state index in [4.69, 9.17) is 0 Å². The van der Waals surface area contributed by atoms with Gasteiger partial charge in [-0.2, -0.15) is 0 Å². The third-order valence-electron chi connectivity index (χ3n) is 3.56. The van der Waals surface area contributed by atoms with Crippen LogP contribution in [0.3, 0.4) is 0 Å². The number of nitrogens with one attached hydrogen (secondary N) is 3. The Balaban J connectivity index is 1.45. The molecule has 3 N–H and O–H groups in total. The number of hydrogen-bond acceptors (Lipinski definition) is 4. The number of carbonyl (C=O) groups is 2. The van der Waals surface area contributed by atoms with E-state index in [2.05, 4.69) is 20.9 Å². The summed E-state index contributed by atoms with van der Waals surface area (Å²) < 4.78 is 1.96. The van der Waals surface area contributed by atoms with Gasteiger partial charge in [-0.15, -0.1) is 11.3 Å². The first-order chi connectivity index (χ1) is 12.7. The molecule has 3 rings (SSSR count). The van der Waals surface area contributed by atoms with E-state index in [1.807, 2.05) is 22.2 Å². The van der Waals surface area contributed by atoms with Crippen molar-refractivity contribution >= 4 is 34.6 Å². The maximum absolute atomic E-state index is 12.1. The van der Waals surface area contributed by atoms with Gasteiger partial charge < -0.3 is 20.5 Å². The van der Waals surface area contributed by atoms with E-state index in [0.29, 0.717) is 22.8 Å². The second-order valence-electron chi connectivity index (χ2n) is 5.55. The second-order valence-corrected chi connectivity index (χ2v) is 6.49. The summed E-state index contributed by atoms with van der Waals surface area (Å²) in [6.07, 6.45) is 6.16. The van der Waals surface area contributed by atoms with E-state index in [1.54, 1.807) is 42.9 Å². The molecule has 3 amide bonds. The SMILES string of the molecule is O=C(NCCCn1ccnc1)Nc1cccc(NC(=O)c2cccs2)c1. The van der Waals surface area contributed by atoms with Gasteiger partial charge in [0.15, 0.2) is 0 Å². The summed E-state index contributed by atoms with van der Waals surface area (Å²) in [5.41, 5.74) is 1.24. The molecule has 2 heterocycles. The minimum absolute atomic E-state index is 0.166. The summed E-state index contributed by atoms with van der Waals surface area (Å²) in [7, 11) is 0. The number of urea groups is 1. The number of amides is 3. The Kier molecular flexibility index (Phi) is 6.00. The van der Waals surface area contributed by atoms with Crippen molar-refractivity contribution in [3.05, 3.63) is 65.4 Å². The lowest BCUT2D eigenvalue weighted by Gasteiger charge is -2.10. The van der Waals surface area contributed by atoms with Gasteiger partial charge in [-0.1, -0.05) is 12.1 Å². The highest BCUT2D eigenvalue weighted by molar-refractivity contribution is 7.12. The molecule has 7 nitrogen and oxygen atoms in total. The second kappa shape index (κ2) is 8.82. The summed E-state index contributed by atoms with van der Waals surface area (Å²) in [6, 6.07) is 10.4. The van der Waals surface area contributed by atoms with Gasteiger partial charge >= 0.3 is 6.03 Å². The van der Waals surface area contributed by atoms with Crippen molar-refractivity contribution < 1.29 is 9.59 Å². The molecule has 0 saturated heterocycles. The van der Waals surface area contributed by atoms with Crippen molar-refractivity contribution in [3.8, 4) is 0 Å². The Hall–Kier alpha value is -3.13. The molecule has 2 aromatic heterocycles. The summed E-state index contributed by atoms with van der Waals surface area (Å²) >= 11 is 1.38. The molecule has 0 aliphatic heterocycles. The zero-order chi connectivity index (χ0) is 18.2. The fourth-order valence-electron chi connectivity index (χ4n) is 2.33. The number of aryl methyl sites for hydroxylation is 1. The predicted octanol–water partition coefficient (Wildman–Crippen LogP) is 3.41. The Morgan fingerprint density at radius 2 is 1.96 bits per heavy atom. The van der Waals surface area contributed by atoms with E-state index >= 15 is 0 Å². The van der Waals surface area contributed by atoms with Crippen LogP contribution in [0.5, 0.6) is 0 Å². The van der Waals surface area contributed by atoms with Crippen molar-refractivity contribution in [1.82, 2.24) is 14.9 Å². The Morgan fingerprint density at radius 1 is 1.12 bits per heavy atom. The van der Waals surface area contributed by atoms with Crippen molar-refractivity contribution in [2.24, 2.45) is 0 Å². The number of thiophene rings is 1. The zero-order valence-electron chi connectivity index (χ0n) is 14.0. The molecule has 0 saturated carbocycles. The lowest BCUT2D eigenvalue weighted by Crippen LogP contribution is -2.30. The minimum atomic E-state index is -0.280. The van der Waals surface area contributed by atoms with Crippen molar-refractivity contribution in [1.29, 1.82) is 0 Å². The lowest BCUT2D eigenvalue weighted by molar-refractivity contribution is 0.103. The molecule has 0 aliphatic rings. The fraction of sp³-hybridized carbons (Fsp3) is 0.167. The number of carbonyl (C=O) groups excluding carboxylic acids is 2. The number of hydrogen-bond donors (Lipinski definition) is 3. The molecule has 0 unspecified atom stereocenters. The van der Waals surface area contributed by atoms with Gasteiger partial charge in [0, 0.05) is 36.9 Å². The van der Waals surface area contributed by atoms with E-state index < -0.39 is 0 Å². The first-order valence-electron chi connectivity index (χ1n) is 8.16. The number of anilines is 2. The highest BCUT2D eigenvalue weighted by atomic mass is 32.1. The molecule has 134 valence electrons. The van der Waals surface area contributed by atoms with Crippen LogP contribution in [0.1, 0.15) is 16.1 Å². The Labute approximate surface area is 155 Å². The van der Waals surface area contributed by atoms with Gasteiger partial charge in [0.1, 0.15) is 0 Å². The van der Waals surface area contributed by atoms with Gasteiger partial charge in [-0.3, -0.25) is 4.79 Å². The zero-order valence-corrected chi connectivity index (χ0v) is 14.8. The van der Waals surface area contributed by atoms with Crippen molar-refractivity contribution in [3.63, 3.8) is 0 Å². The molecule has 0 bridgehead atoms. The van der Waals surface area contributed by atoms with Crippen LogP contribution in [0.2, 0.25) is 0 Å². The number of rotatable bonds is 7. The maximum Gasteiger partial charge on any atom is 0.319 e. The van der Waals surface area contributed by atoms with Crippen molar-refractivity contribution in [2.75, 3.05) is 17.2 Å². The number of nitrogens with zero attached hydrogens (tertiary/aromatic N) is 2. The third-order valence-corrected chi connectivity index (χ3v) is 4.43. The number of benzene rings is 1. The number of aromatic nitrogens is 2.